The molecule has 3 atom stereocenters. The summed E-state index contributed by atoms with van der Waals surface area (Å²) in [6.07, 6.45) is 5.45. The minimum absolute atomic E-state index is 0.130. The molecular formula is C17H25Cl2NO. The third kappa shape index (κ3) is 3.73. The largest absolute Gasteiger partial charge is 0.377 e. The van der Waals surface area contributed by atoms with Crippen molar-refractivity contribution in [3.05, 3.63) is 33.8 Å². The van der Waals surface area contributed by atoms with Crippen LogP contribution < -0.4 is 5.32 Å². The fourth-order valence-corrected chi connectivity index (χ4v) is 4.22. The standard InChI is InChI=1S/C17H25Cl2NO/c1-12-6-5-9-17(11-12,21-3)16(20-2)10-13-14(18)7-4-8-15(13)19/h4,7-8,12,16,20H,5-6,9-11H2,1-3H3. The second kappa shape index (κ2) is 7.32. The van der Waals surface area contributed by atoms with E-state index in [0.29, 0.717) is 5.92 Å². The molecule has 2 rings (SSSR count). The Hall–Kier alpha value is -0.280. The Morgan fingerprint density at radius 2 is 2.05 bits per heavy atom. The van der Waals surface area contributed by atoms with Crippen LogP contribution in [0.15, 0.2) is 18.2 Å². The third-order valence-corrected chi connectivity index (χ3v) is 5.56. The van der Waals surface area contributed by atoms with Crippen molar-refractivity contribution in [2.24, 2.45) is 5.92 Å². The molecule has 0 saturated heterocycles. The quantitative estimate of drug-likeness (QED) is 0.843. The highest BCUT2D eigenvalue weighted by atomic mass is 35.5. The van der Waals surface area contributed by atoms with Crippen molar-refractivity contribution in [3.63, 3.8) is 0 Å². The van der Waals surface area contributed by atoms with Gasteiger partial charge in [0.2, 0.25) is 0 Å². The van der Waals surface area contributed by atoms with Gasteiger partial charge in [0, 0.05) is 23.2 Å². The van der Waals surface area contributed by atoms with Crippen LogP contribution in [0.5, 0.6) is 0 Å². The molecule has 3 unspecified atom stereocenters. The first-order valence-corrected chi connectivity index (χ1v) is 8.43. The number of benzene rings is 1. The van der Waals surface area contributed by atoms with Gasteiger partial charge in [-0.3, -0.25) is 0 Å². The number of likely N-dealkylation sites (N-methyl/N-ethyl adjacent to an activating group) is 1. The first-order chi connectivity index (χ1) is 10.0. The molecule has 0 aromatic heterocycles. The lowest BCUT2D eigenvalue weighted by Gasteiger charge is -2.44. The molecule has 1 fully saturated rings. The van der Waals surface area contributed by atoms with Gasteiger partial charge in [0.15, 0.2) is 0 Å². The molecule has 21 heavy (non-hydrogen) atoms. The maximum absolute atomic E-state index is 6.33. The van der Waals surface area contributed by atoms with Crippen molar-refractivity contribution in [2.45, 2.75) is 50.7 Å². The molecule has 0 bridgehead atoms. The fraction of sp³-hybridized carbons (Fsp3) is 0.647. The van der Waals surface area contributed by atoms with Gasteiger partial charge in [-0.2, -0.15) is 0 Å². The Bertz CT molecular complexity index is 460. The monoisotopic (exact) mass is 329 g/mol. The lowest BCUT2D eigenvalue weighted by atomic mass is 9.73. The van der Waals surface area contributed by atoms with Crippen molar-refractivity contribution in [2.75, 3.05) is 14.2 Å². The number of methoxy groups -OCH3 is 1. The number of ether oxygens (including phenoxy) is 1. The van der Waals surface area contributed by atoms with Crippen LogP contribution in [0.4, 0.5) is 0 Å². The molecular weight excluding hydrogens is 305 g/mol. The lowest BCUT2D eigenvalue weighted by molar-refractivity contribution is -0.0775. The van der Waals surface area contributed by atoms with Crippen LogP contribution in [0.25, 0.3) is 0 Å². The highest BCUT2D eigenvalue weighted by molar-refractivity contribution is 6.36. The molecule has 1 aromatic carbocycles. The number of halogens is 2. The van der Waals surface area contributed by atoms with Crippen molar-refractivity contribution < 1.29 is 4.74 Å². The summed E-state index contributed by atoms with van der Waals surface area (Å²) in [5, 5.41) is 4.91. The van der Waals surface area contributed by atoms with Gasteiger partial charge in [-0.15, -0.1) is 0 Å². The van der Waals surface area contributed by atoms with Gasteiger partial charge >= 0.3 is 0 Å². The van der Waals surface area contributed by atoms with Crippen molar-refractivity contribution in [3.8, 4) is 0 Å². The highest BCUT2D eigenvalue weighted by Gasteiger charge is 2.41. The van der Waals surface area contributed by atoms with Crippen LogP contribution in [0.3, 0.4) is 0 Å². The van der Waals surface area contributed by atoms with Crippen LogP contribution in [0, 0.1) is 5.92 Å². The molecule has 0 heterocycles. The summed E-state index contributed by atoms with van der Waals surface area (Å²) in [6, 6.07) is 5.90. The van der Waals surface area contributed by atoms with Gasteiger partial charge in [0.1, 0.15) is 0 Å². The molecule has 1 aliphatic rings. The van der Waals surface area contributed by atoms with E-state index in [1.165, 1.54) is 12.8 Å². The predicted molar refractivity (Wildman–Crippen MR) is 90.4 cm³/mol. The molecule has 0 amide bonds. The van der Waals surface area contributed by atoms with E-state index < -0.39 is 0 Å². The highest BCUT2D eigenvalue weighted by Crippen LogP contribution is 2.39. The van der Waals surface area contributed by atoms with E-state index in [0.717, 1.165) is 34.9 Å². The zero-order valence-corrected chi connectivity index (χ0v) is 14.6. The molecule has 0 radical (unpaired) electrons. The minimum Gasteiger partial charge on any atom is -0.377 e. The van der Waals surface area contributed by atoms with E-state index in [2.05, 4.69) is 12.2 Å². The number of hydrogen-bond acceptors (Lipinski definition) is 2. The summed E-state index contributed by atoms with van der Waals surface area (Å²) in [5.74, 6) is 0.691. The van der Waals surface area contributed by atoms with Crippen LogP contribution in [0.2, 0.25) is 10.0 Å². The van der Waals surface area contributed by atoms with Crippen molar-refractivity contribution >= 4 is 23.2 Å². The van der Waals surface area contributed by atoms with Gasteiger partial charge < -0.3 is 10.1 Å². The summed E-state index contributed by atoms with van der Waals surface area (Å²) in [7, 11) is 3.83. The van der Waals surface area contributed by atoms with Crippen molar-refractivity contribution in [1.29, 1.82) is 0 Å². The summed E-state index contributed by atoms with van der Waals surface area (Å²) in [5.41, 5.74) is 0.879. The maximum atomic E-state index is 6.33. The molecule has 1 N–H and O–H groups in total. The topological polar surface area (TPSA) is 21.3 Å². The van der Waals surface area contributed by atoms with E-state index in [1.54, 1.807) is 0 Å². The Kier molecular flexibility index (Phi) is 5.96. The zero-order valence-electron chi connectivity index (χ0n) is 13.1. The van der Waals surface area contributed by atoms with E-state index in [4.69, 9.17) is 27.9 Å². The smallest absolute Gasteiger partial charge is 0.0836 e. The maximum Gasteiger partial charge on any atom is 0.0836 e. The van der Waals surface area contributed by atoms with Gasteiger partial charge in [-0.1, -0.05) is 49.0 Å². The molecule has 4 heteroatoms. The van der Waals surface area contributed by atoms with E-state index >= 15 is 0 Å². The molecule has 2 nitrogen and oxygen atoms in total. The average molecular weight is 330 g/mol. The third-order valence-electron chi connectivity index (χ3n) is 4.85. The van der Waals surface area contributed by atoms with Crippen LogP contribution in [0.1, 0.15) is 38.2 Å². The van der Waals surface area contributed by atoms with E-state index in [1.807, 2.05) is 32.4 Å². The molecule has 1 saturated carbocycles. The van der Waals surface area contributed by atoms with Gasteiger partial charge in [0.25, 0.3) is 0 Å². The Balaban J connectivity index is 2.26. The average Bonchev–Trinajstić information content (AvgIpc) is 2.47. The van der Waals surface area contributed by atoms with Gasteiger partial charge in [0.05, 0.1) is 5.60 Å². The summed E-state index contributed by atoms with van der Waals surface area (Å²) in [6.45, 7) is 2.31. The van der Waals surface area contributed by atoms with Crippen LogP contribution in [-0.4, -0.2) is 25.8 Å². The molecule has 118 valence electrons. The second-order valence-corrected chi connectivity index (χ2v) is 7.03. The molecule has 1 aromatic rings. The Labute approximate surface area is 138 Å². The predicted octanol–water partition coefficient (Wildman–Crippen LogP) is 4.72. The second-order valence-electron chi connectivity index (χ2n) is 6.22. The van der Waals surface area contributed by atoms with Crippen LogP contribution in [-0.2, 0) is 11.2 Å². The molecule has 0 aliphatic heterocycles. The fourth-order valence-electron chi connectivity index (χ4n) is 3.67. The van der Waals surface area contributed by atoms with E-state index in [9.17, 15) is 0 Å². The minimum atomic E-state index is -0.130. The summed E-state index contributed by atoms with van der Waals surface area (Å²) in [4.78, 5) is 0. The Morgan fingerprint density at radius 3 is 2.57 bits per heavy atom. The Morgan fingerprint density at radius 1 is 1.38 bits per heavy atom. The molecule has 0 spiro atoms. The van der Waals surface area contributed by atoms with Crippen LogP contribution >= 0.6 is 23.2 Å². The first-order valence-electron chi connectivity index (χ1n) is 7.67. The zero-order chi connectivity index (χ0) is 15.5. The van der Waals surface area contributed by atoms with E-state index in [-0.39, 0.29) is 11.6 Å². The number of hydrogen-bond donors (Lipinski definition) is 1. The van der Waals surface area contributed by atoms with Gasteiger partial charge in [-0.05, 0) is 49.9 Å². The van der Waals surface area contributed by atoms with Gasteiger partial charge in [-0.25, -0.2) is 0 Å². The SMILES string of the molecule is CNC(Cc1c(Cl)cccc1Cl)C1(OC)CCCC(C)C1. The first kappa shape index (κ1) is 17.1. The number of rotatable bonds is 5. The van der Waals surface area contributed by atoms with Crippen molar-refractivity contribution in [1.82, 2.24) is 5.32 Å². The normalized spacial score (nSPS) is 27.6. The summed E-state index contributed by atoms with van der Waals surface area (Å²) >= 11 is 12.7. The summed E-state index contributed by atoms with van der Waals surface area (Å²) < 4.78 is 6.01. The lowest BCUT2D eigenvalue weighted by Crippen LogP contribution is -2.54. The molecule has 1 aliphatic carbocycles. The number of nitrogens with one attached hydrogen (secondary N) is 1.